The standard InChI is InChI=1S/C15H21ClN2O/c1-2-18(13-7-9-17-10-8-13)15(19)11-12-5-3-4-6-14(12)16/h3-6,13,17H,2,7-11H2,1H3. The van der Waals surface area contributed by atoms with Crippen LogP contribution in [-0.2, 0) is 11.2 Å². The lowest BCUT2D eigenvalue weighted by Crippen LogP contribution is -2.46. The molecule has 0 aliphatic carbocycles. The second kappa shape index (κ2) is 6.92. The normalized spacial score (nSPS) is 16.3. The number of likely N-dealkylation sites (N-methyl/N-ethyl adjacent to an activating group) is 1. The summed E-state index contributed by atoms with van der Waals surface area (Å²) in [6.45, 7) is 4.82. The summed E-state index contributed by atoms with van der Waals surface area (Å²) >= 11 is 6.12. The van der Waals surface area contributed by atoms with Crippen molar-refractivity contribution >= 4 is 17.5 Å². The van der Waals surface area contributed by atoms with Gasteiger partial charge in [0.15, 0.2) is 0 Å². The molecular weight excluding hydrogens is 260 g/mol. The van der Waals surface area contributed by atoms with Crippen LogP contribution < -0.4 is 5.32 Å². The van der Waals surface area contributed by atoms with Crippen LogP contribution in [0.1, 0.15) is 25.3 Å². The van der Waals surface area contributed by atoms with Gasteiger partial charge in [0.25, 0.3) is 0 Å². The summed E-state index contributed by atoms with van der Waals surface area (Å²) in [5.41, 5.74) is 0.918. The van der Waals surface area contributed by atoms with Gasteiger partial charge in [-0.2, -0.15) is 0 Å². The van der Waals surface area contributed by atoms with Gasteiger partial charge < -0.3 is 10.2 Å². The second-order valence-electron chi connectivity index (χ2n) is 4.93. The summed E-state index contributed by atoms with van der Waals surface area (Å²) < 4.78 is 0. The third kappa shape index (κ3) is 3.71. The molecule has 0 unspecified atom stereocenters. The number of carbonyl (C=O) groups excluding carboxylic acids is 1. The van der Waals surface area contributed by atoms with Crippen molar-refractivity contribution in [3.63, 3.8) is 0 Å². The first-order valence-corrected chi connectivity index (χ1v) is 7.33. The van der Waals surface area contributed by atoms with E-state index in [0.717, 1.165) is 38.0 Å². The summed E-state index contributed by atoms with van der Waals surface area (Å²) in [7, 11) is 0. The van der Waals surface area contributed by atoms with Crippen molar-refractivity contribution in [3.05, 3.63) is 34.9 Å². The smallest absolute Gasteiger partial charge is 0.227 e. The van der Waals surface area contributed by atoms with Crippen molar-refractivity contribution < 1.29 is 4.79 Å². The van der Waals surface area contributed by atoms with Gasteiger partial charge in [-0.1, -0.05) is 29.8 Å². The molecule has 0 aromatic heterocycles. The van der Waals surface area contributed by atoms with Gasteiger partial charge in [0.05, 0.1) is 6.42 Å². The van der Waals surface area contributed by atoms with Gasteiger partial charge in [-0.15, -0.1) is 0 Å². The van der Waals surface area contributed by atoms with E-state index in [0.29, 0.717) is 17.5 Å². The average Bonchev–Trinajstić information content (AvgIpc) is 2.43. The minimum atomic E-state index is 0.183. The molecule has 1 fully saturated rings. The van der Waals surface area contributed by atoms with Crippen molar-refractivity contribution in [2.75, 3.05) is 19.6 Å². The molecule has 1 heterocycles. The SMILES string of the molecule is CCN(C(=O)Cc1ccccc1Cl)C1CCNCC1. The van der Waals surface area contributed by atoms with Gasteiger partial charge >= 0.3 is 0 Å². The summed E-state index contributed by atoms with van der Waals surface area (Å²) in [6, 6.07) is 7.96. The van der Waals surface area contributed by atoms with Gasteiger partial charge in [0.1, 0.15) is 0 Å². The van der Waals surface area contributed by atoms with Crippen molar-refractivity contribution in [3.8, 4) is 0 Å². The highest BCUT2D eigenvalue weighted by molar-refractivity contribution is 6.31. The Balaban J connectivity index is 2.02. The van der Waals surface area contributed by atoms with Gasteiger partial charge in [-0.25, -0.2) is 0 Å². The maximum atomic E-state index is 12.4. The molecule has 2 rings (SSSR count). The zero-order valence-electron chi connectivity index (χ0n) is 11.4. The first-order chi connectivity index (χ1) is 9.22. The number of nitrogens with zero attached hydrogens (tertiary/aromatic N) is 1. The zero-order chi connectivity index (χ0) is 13.7. The minimum Gasteiger partial charge on any atom is -0.340 e. The van der Waals surface area contributed by atoms with Crippen molar-refractivity contribution in [2.45, 2.75) is 32.2 Å². The van der Waals surface area contributed by atoms with Gasteiger partial charge in [-0.3, -0.25) is 4.79 Å². The molecule has 1 aromatic carbocycles. The molecule has 104 valence electrons. The Morgan fingerprint density at radius 3 is 2.68 bits per heavy atom. The number of hydrogen-bond donors (Lipinski definition) is 1. The van der Waals surface area contributed by atoms with Crippen LogP contribution in [0, 0.1) is 0 Å². The Hall–Kier alpha value is -1.06. The highest BCUT2D eigenvalue weighted by Gasteiger charge is 2.24. The van der Waals surface area contributed by atoms with E-state index in [1.807, 2.05) is 36.1 Å². The topological polar surface area (TPSA) is 32.3 Å². The molecule has 1 N–H and O–H groups in total. The predicted molar refractivity (Wildman–Crippen MR) is 78.4 cm³/mol. The van der Waals surface area contributed by atoms with Crippen molar-refractivity contribution in [1.29, 1.82) is 0 Å². The van der Waals surface area contributed by atoms with Crippen LogP contribution in [0.4, 0.5) is 0 Å². The molecule has 0 saturated carbocycles. The molecule has 3 nitrogen and oxygen atoms in total. The number of benzene rings is 1. The van der Waals surface area contributed by atoms with E-state index in [4.69, 9.17) is 11.6 Å². The van der Waals surface area contributed by atoms with E-state index >= 15 is 0 Å². The van der Waals surface area contributed by atoms with E-state index in [2.05, 4.69) is 5.32 Å². The highest BCUT2D eigenvalue weighted by atomic mass is 35.5. The molecule has 1 amide bonds. The molecule has 1 aromatic rings. The maximum absolute atomic E-state index is 12.4. The van der Waals surface area contributed by atoms with Crippen LogP contribution in [-0.4, -0.2) is 36.5 Å². The fraction of sp³-hybridized carbons (Fsp3) is 0.533. The van der Waals surface area contributed by atoms with Crippen molar-refractivity contribution in [1.82, 2.24) is 10.2 Å². The minimum absolute atomic E-state index is 0.183. The number of hydrogen-bond acceptors (Lipinski definition) is 2. The first-order valence-electron chi connectivity index (χ1n) is 6.96. The van der Waals surface area contributed by atoms with E-state index in [1.54, 1.807) is 0 Å². The number of carbonyl (C=O) groups is 1. The Labute approximate surface area is 119 Å². The number of piperidine rings is 1. The van der Waals surface area contributed by atoms with Crippen LogP contribution >= 0.6 is 11.6 Å². The van der Waals surface area contributed by atoms with Crippen LogP contribution in [0.3, 0.4) is 0 Å². The largest absolute Gasteiger partial charge is 0.340 e. The van der Waals surface area contributed by atoms with Gasteiger partial charge in [0, 0.05) is 17.6 Å². The number of nitrogens with one attached hydrogen (secondary N) is 1. The first kappa shape index (κ1) is 14.4. The van der Waals surface area contributed by atoms with E-state index < -0.39 is 0 Å². The molecule has 19 heavy (non-hydrogen) atoms. The lowest BCUT2D eigenvalue weighted by atomic mass is 10.0. The van der Waals surface area contributed by atoms with Crippen LogP contribution in [0.2, 0.25) is 5.02 Å². The number of halogens is 1. The van der Waals surface area contributed by atoms with Gasteiger partial charge in [-0.05, 0) is 44.5 Å². The molecular formula is C15H21ClN2O. The lowest BCUT2D eigenvalue weighted by molar-refractivity contribution is -0.133. The number of rotatable bonds is 4. The monoisotopic (exact) mass is 280 g/mol. The van der Waals surface area contributed by atoms with E-state index in [-0.39, 0.29) is 5.91 Å². The fourth-order valence-corrected chi connectivity index (χ4v) is 2.87. The summed E-state index contributed by atoms with van der Waals surface area (Å²) in [5.74, 6) is 0.183. The third-order valence-corrected chi connectivity index (χ3v) is 4.08. The number of amides is 1. The highest BCUT2D eigenvalue weighted by Crippen LogP contribution is 2.18. The molecule has 0 radical (unpaired) electrons. The molecule has 1 aliphatic heterocycles. The van der Waals surface area contributed by atoms with Crippen LogP contribution in [0.5, 0.6) is 0 Å². The zero-order valence-corrected chi connectivity index (χ0v) is 12.1. The fourth-order valence-electron chi connectivity index (χ4n) is 2.66. The lowest BCUT2D eigenvalue weighted by Gasteiger charge is -2.34. The summed E-state index contributed by atoms with van der Waals surface area (Å²) in [5, 5.41) is 4.01. The molecule has 0 bridgehead atoms. The average molecular weight is 281 g/mol. The van der Waals surface area contributed by atoms with Crippen LogP contribution in [0.25, 0.3) is 0 Å². The van der Waals surface area contributed by atoms with E-state index in [1.165, 1.54) is 0 Å². The summed E-state index contributed by atoms with van der Waals surface area (Å²) in [4.78, 5) is 14.4. The maximum Gasteiger partial charge on any atom is 0.227 e. The molecule has 1 aliphatic rings. The van der Waals surface area contributed by atoms with E-state index in [9.17, 15) is 4.79 Å². The molecule has 0 atom stereocenters. The van der Waals surface area contributed by atoms with Crippen molar-refractivity contribution in [2.24, 2.45) is 0 Å². The molecule has 0 spiro atoms. The molecule has 4 heteroatoms. The third-order valence-electron chi connectivity index (χ3n) is 3.71. The van der Waals surface area contributed by atoms with Gasteiger partial charge in [0.2, 0.25) is 5.91 Å². The summed E-state index contributed by atoms with van der Waals surface area (Å²) in [6.07, 6.45) is 2.49. The van der Waals surface area contributed by atoms with Crippen LogP contribution in [0.15, 0.2) is 24.3 Å². The molecule has 1 saturated heterocycles. The Kier molecular flexibility index (Phi) is 5.23. The Morgan fingerprint density at radius 2 is 2.05 bits per heavy atom. The second-order valence-corrected chi connectivity index (χ2v) is 5.34. The Morgan fingerprint density at radius 1 is 1.37 bits per heavy atom. The Bertz CT molecular complexity index is 430. The quantitative estimate of drug-likeness (QED) is 0.919. The predicted octanol–water partition coefficient (Wildman–Crippen LogP) is 2.48.